The summed E-state index contributed by atoms with van der Waals surface area (Å²) in [7, 11) is 0. The zero-order chi connectivity index (χ0) is 22.1. The van der Waals surface area contributed by atoms with Gasteiger partial charge in [-0.2, -0.15) is 0 Å². The van der Waals surface area contributed by atoms with E-state index in [0.717, 1.165) is 12.8 Å². The number of rotatable bonds is 4. The van der Waals surface area contributed by atoms with Crippen molar-refractivity contribution in [2.45, 2.75) is 59.2 Å². The number of urea groups is 1. The van der Waals surface area contributed by atoms with Crippen LogP contribution in [0.2, 0.25) is 5.02 Å². The number of benzene rings is 1. The van der Waals surface area contributed by atoms with E-state index < -0.39 is 17.4 Å². The summed E-state index contributed by atoms with van der Waals surface area (Å²) in [5, 5.41) is 11.7. The number of halogens is 1. The molecule has 0 unspecified atom stereocenters. The molecule has 2 aromatic rings. The van der Waals surface area contributed by atoms with E-state index >= 15 is 0 Å². The molecule has 2 atom stereocenters. The average Bonchev–Trinajstić information content (AvgIpc) is 3.35. The summed E-state index contributed by atoms with van der Waals surface area (Å²) in [6.07, 6.45) is 3.27. The van der Waals surface area contributed by atoms with Crippen molar-refractivity contribution in [3.05, 3.63) is 35.1 Å². The van der Waals surface area contributed by atoms with Gasteiger partial charge < -0.3 is 10.6 Å². The highest BCUT2D eigenvalue weighted by molar-refractivity contribution is 6.30. The number of hydrogen-bond donors (Lipinski definition) is 1. The summed E-state index contributed by atoms with van der Waals surface area (Å²) in [5.41, 5.74) is 7.03. The van der Waals surface area contributed by atoms with Crippen molar-refractivity contribution >= 4 is 23.5 Å². The van der Waals surface area contributed by atoms with Gasteiger partial charge in [0.25, 0.3) is 0 Å². The molecule has 1 fully saturated rings. The van der Waals surface area contributed by atoms with E-state index in [0.29, 0.717) is 22.8 Å². The van der Waals surface area contributed by atoms with E-state index in [2.05, 4.69) is 15.5 Å². The van der Waals surface area contributed by atoms with Crippen LogP contribution in [0.25, 0.3) is 5.69 Å². The fourth-order valence-corrected chi connectivity index (χ4v) is 3.69. The summed E-state index contributed by atoms with van der Waals surface area (Å²) in [6.45, 7) is 8.25. The number of nitrogens with zero attached hydrogens (tertiary/aromatic N) is 6. The van der Waals surface area contributed by atoms with Crippen LogP contribution >= 0.6 is 11.6 Å². The minimum absolute atomic E-state index is 0.0143. The maximum absolute atomic E-state index is 13.4. The van der Waals surface area contributed by atoms with Crippen LogP contribution < -0.4 is 5.73 Å². The highest BCUT2D eigenvalue weighted by atomic mass is 35.5. The van der Waals surface area contributed by atoms with Gasteiger partial charge in [-0.1, -0.05) is 32.4 Å². The second kappa shape index (κ2) is 8.69. The second-order valence-corrected chi connectivity index (χ2v) is 9.20. The number of nitrogens with two attached hydrogens (primary N) is 1. The van der Waals surface area contributed by atoms with Gasteiger partial charge in [0.15, 0.2) is 0 Å². The Hall–Kier alpha value is -2.52. The van der Waals surface area contributed by atoms with Gasteiger partial charge in [0.2, 0.25) is 5.91 Å². The Morgan fingerprint density at radius 1 is 1.37 bits per heavy atom. The van der Waals surface area contributed by atoms with Gasteiger partial charge in [-0.3, -0.25) is 9.69 Å². The molecule has 1 aliphatic heterocycles. The SMILES string of the molecule is C[C@@H]1CCCN1C(=O)N(Cc1cc(Cl)ccc1-n1cnnn1)C(=O)[C@H](N)C(C)(C)C. The highest BCUT2D eigenvalue weighted by Crippen LogP contribution is 2.26. The zero-order valence-electron chi connectivity index (χ0n) is 17.7. The van der Waals surface area contributed by atoms with Crippen LogP contribution in [0.1, 0.15) is 46.1 Å². The van der Waals surface area contributed by atoms with Crippen LogP contribution in [0.5, 0.6) is 0 Å². The number of hydrogen-bond acceptors (Lipinski definition) is 6. The molecule has 30 heavy (non-hydrogen) atoms. The fourth-order valence-electron chi connectivity index (χ4n) is 3.50. The number of aromatic nitrogens is 4. The Morgan fingerprint density at radius 2 is 2.10 bits per heavy atom. The minimum atomic E-state index is -0.838. The van der Waals surface area contributed by atoms with E-state index in [-0.39, 0.29) is 18.6 Å². The summed E-state index contributed by atoms with van der Waals surface area (Å²) < 4.78 is 1.47. The first-order valence-corrected chi connectivity index (χ1v) is 10.4. The second-order valence-electron chi connectivity index (χ2n) is 8.76. The third-order valence-electron chi connectivity index (χ3n) is 5.46. The van der Waals surface area contributed by atoms with Gasteiger partial charge in [-0.05, 0) is 59.4 Å². The molecule has 10 heteroatoms. The zero-order valence-corrected chi connectivity index (χ0v) is 18.5. The maximum Gasteiger partial charge on any atom is 0.327 e. The lowest BCUT2D eigenvalue weighted by atomic mass is 9.86. The molecule has 1 aliphatic rings. The monoisotopic (exact) mass is 433 g/mol. The molecule has 3 amide bonds. The van der Waals surface area contributed by atoms with E-state index in [9.17, 15) is 9.59 Å². The third kappa shape index (κ3) is 4.62. The Bertz CT molecular complexity index is 896. The van der Waals surface area contributed by atoms with E-state index in [1.807, 2.05) is 27.7 Å². The lowest BCUT2D eigenvalue weighted by molar-refractivity contribution is -0.133. The Labute approximate surface area is 181 Å². The lowest BCUT2D eigenvalue weighted by Gasteiger charge is -2.34. The predicted molar refractivity (Wildman–Crippen MR) is 113 cm³/mol. The molecule has 1 aromatic carbocycles. The fraction of sp³-hybridized carbons (Fsp3) is 0.550. The number of carbonyl (C=O) groups is 2. The molecule has 2 heterocycles. The van der Waals surface area contributed by atoms with Crippen LogP contribution in [-0.2, 0) is 11.3 Å². The van der Waals surface area contributed by atoms with Crippen molar-refractivity contribution in [2.24, 2.45) is 11.1 Å². The molecule has 1 saturated heterocycles. The first-order chi connectivity index (χ1) is 14.1. The topological polar surface area (TPSA) is 110 Å². The van der Waals surface area contributed by atoms with Crippen LogP contribution in [0.3, 0.4) is 0 Å². The molecular formula is C20H28ClN7O2. The summed E-state index contributed by atoms with van der Waals surface area (Å²) in [5.74, 6) is -0.422. The number of likely N-dealkylation sites (tertiary alicyclic amines) is 1. The normalized spacial score (nSPS) is 17.8. The van der Waals surface area contributed by atoms with Crippen molar-refractivity contribution < 1.29 is 9.59 Å². The quantitative estimate of drug-likeness (QED) is 0.793. The molecule has 3 rings (SSSR count). The molecule has 0 bridgehead atoms. The smallest absolute Gasteiger partial charge is 0.322 e. The maximum atomic E-state index is 13.4. The molecule has 162 valence electrons. The van der Waals surface area contributed by atoms with Crippen molar-refractivity contribution in [3.8, 4) is 5.69 Å². The number of tetrazole rings is 1. The number of amides is 3. The molecule has 0 saturated carbocycles. The first kappa shape index (κ1) is 22.2. The summed E-state index contributed by atoms with van der Waals surface area (Å²) >= 11 is 6.22. The average molecular weight is 434 g/mol. The highest BCUT2D eigenvalue weighted by Gasteiger charge is 2.38. The van der Waals surface area contributed by atoms with Gasteiger partial charge in [0.1, 0.15) is 6.33 Å². The Kier molecular flexibility index (Phi) is 6.42. The number of imide groups is 1. The predicted octanol–water partition coefficient (Wildman–Crippen LogP) is 2.62. The minimum Gasteiger partial charge on any atom is -0.322 e. The number of carbonyl (C=O) groups excluding carboxylic acids is 2. The largest absolute Gasteiger partial charge is 0.327 e. The van der Waals surface area contributed by atoms with Gasteiger partial charge in [0.05, 0.1) is 18.3 Å². The lowest BCUT2D eigenvalue weighted by Crippen LogP contribution is -2.55. The standard InChI is InChI=1S/C20H28ClN7O2/c1-13-6-5-9-26(13)19(30)27(18(29)17(22)20(2,3)4)11-14-10-15(21)7-8-16(14)28-12-23-24-25-28/h7-8,10,12-13,17H,5-6,9,11,22H2,1-4H3/t13-,17+/m1/s1. The van der Waals surface area contributed by atoms with Crippen LogP contribution in [-0.4, -0.2) is 60.6 Å². The van der Waals surface area contributed by atoms with E-state index in [4.69, 9.17) is 17.3 Å². The van der Waals surface area contributed by atoms with Crippen LogP contribution in [0, 0.1) is 5.41 Å². The third-order valence-corrected chi connectivity index (χ3v) is 5.70. The summed E-state index contributed by atoms with van der Waals surface area (Å²) in [4.78, 5) is 29.7. The van der Waals surface area contributed by atoms with Gasteiger partial charge in [-0.25, -0.2) is 9.48 Å². The van der Waals surface area contributed by atoms with Gasteiger partial charge in [0, 0.05) is 17.6 Å². The van der Waals surface area contributed by atoms with E-state index in [1.54, 1.807) is 23.1 Å². The molecular weight excluding hydrogens is 406 g/mol. The van der Waals surface area contributed by atoms with Gasteiger partial charge >= 0.3 is 6.03 Å². The Balaban J connectivity index is 2.00. The Morgan fingerprint density at radius 3 is 2.67 bits per heavy atom. The van der Waals surface area contributed by atoms with Crippen molar-refractivity contribution in [2.75, 3.05) is 6.54 Å². The van der Waals surface area contributed by atoms with E-state index in [1.165, 1.54) is 15.9 Å². The molecule has 9 nitrogen and oxygen atoms in total. The molecule has 2 N–H and O–H groups in total. The van der Waals surface area contributed by atoms with Crippen LogP contribution in [0.15, 0.2) is 24.5 Å². The summed E-state index contributed by atoms with van der Waals surface area (Å²) in [6, 6.07) is 4.06. The van der Waals surface area contributed by atoms with Gasteiger partial charge in [-0.15, -0.1) is 5.10 Å². The van der Waals surface area contributed by atoms with Crippen molar-refractivity contribution in [1.82, 2.24) is 30.0 Å². The van der Waals surface area contributed by atoms with Crippen molar-refractivity contribution in [1.29, 1.82) is 0 Å². The molecule has 0 aliphatic carbocycles. The first-order valence-electron chi connectivity index (χ1n) is 9.99. The molecule has 0 spiro atoms. The van der Waals surface area contributed by atoms with Crippen LogP contribution in [0.4, 0.5) is 4.79 Å². The molecule has 1 aromatic heterocycles. The van der Waals surface area contributed by atoms with Crippen molar-refractivity contribution in [3.63, 3.8) is 0 Å². The molecule has 0 radical (unpaired) electrons.